The van der Waals surface area contributed by atoms with Gasteiger partial charge in [-0.25, -0.2) is 4.39 Å². The Bertz CT molecular complexity index is 483. The first-order chi connectivity index (χ1) is 8.52. The Morgan fingerprint density at radius 2 is 2.00 bits per heavy atom. The lowest BCUT2D eigenvalue weighted by Crippen LogP contribution is -2.54. The maximum absolute atomic E-state index is 13.4. The van der Waals surface area contributed by atoms with Crippen molar-refractivity contribution in [1.29, 1.82) is 0 Å². The van der Waals surface area contributed by atoms with Crippen LogP contribution < -0.4 is 5.32 Å². The summed E-state index contributed by atoms with van der Waals surface area (Å²) in [6.07, 6.45) is 2.01. The van der Waals surface area contributed by atoms with Crippen molar-refractivity contribution in [3.63, 3.8) is 0 Å². The molecule has 96 valence electrons. The van der Waals surface area contributed by atoms with E-state index >= 15 is 0 Å². The van der Waals surface area contributed by atoms with Crippen LogP contribution in [0.4, 0.5) is 4.39 Å². The maximum Gasteiger partial charge on any atom is 0.305 e. The number of nitrogens with one attached hydrogen (secondary N) is 1. The van der Waals surface area contributed by atoms with Gasteiger partial charge in [-0.15, -0.1) is 0 Å². The molecule has 1 fully saturated rings. The molecule has 0 spiro atoms. The lowest BCUT2D eigenvalue weighted by molar-refractivity contribution is -0.139. The molecule has 1 saturated carbocycles. The summed E-state index contributed by atoms with van der Waals surface area (Å²) in [6, 6.07) is 5.67. The molecule has 1 aromatic carbocycles. The molecular weight excluding hydrogens is 237 g/mol. The summed E-state index contributed by atoms with van der Waals surface area (Å²) in [6.45, 7) is 0. The topological polar surface area (TPSA) is 66.4 Å². The second kappa shape index (κ2) is 4.76. The summed E-state index contributed by atoms with van der Waals surface area (Å²) < 4.78 is 13.4. The average Bonchev–Trinajstić information content (AvgIpc) is 2.25. The third-order valence-corrected chi connectivity index (χ3v) is 3.30. The van der Waals surface area contributed by atoms with Crippen LogP contribution in [0.25, 0.3) is 0 Å². The molecule has 1 aromatic rings. The van der Waals surface area contributed by atoms with Crippen LogP contribution in [0.5, 0.6) is 0 Å². The predicted octanol–water partition coefficient (Wildman–Crippen LogP) is 1.95. The van der Waals surface area contributed by atoms with Gasteiger partial charge in [0, 0.05) is 0 Å². The van der Waals surface area contributed by atoms with Crippen LogP contribution in [0, 0.1) is 5.82 Å². The van der Waals surface area contributed by atoms with Crippen molar-refractivity contribution >= 4 is 11.9 Å². The van der Waals surface area contributed by atoms with Crippen LogP contribution >= 0.6 is 0 Å². The average molecular weight is 251 g/mol. The van der Waals surface area contributed by atoms with E-state index in [9.17, 15) is 14.0 Å². The zero-order valence-corrected chi connectivity index (χ0v) is 9.78. The smallest absolute Gasteiger partial charge is 0.305 e. The van der Waals surface area contributed by atoms with Crippen molar-refractivity contribution in [2.24, 2.45) is 0 Å². The predicted molar refractivity (Wildman–Crippen MR) is 62.7 cm³/mol. The first-order valence-electron chi connectivity index (χ1n) is 5.81. The quantitative estimate of drug-likeness (QED) is 0.859. The second-order valence-corrected chi connectivity index (χ2v) is 4.64. The highest BCUT2D eigenvalue weighted by molar-refractivity contribution is 5.95. The number of carbonyl (C=O) groups is 2. The molecule has 0 aliphatic heterocycles. The van der Waals surface area contributed by atoms with Crippen LogP contribution in [0.15, 0.2) is 24.3 Å². The fourth-order valence-electron chi connectivity index (χ4n) is 2.19. The highest BCUT2D eigenvalue weighted by atomic mass is 19.1. The van der Waals surface area contributed by atoms with E-state index in [1.165, 1.54) is 18.2 Å². The number of rotatable bonds is 4. The number of amides is 1. The monoisotopic (exact) mass is 251 g/mol. The molecule has 0 aromatic heterocycles. The number of hydrogen-bond acceptors (Lipinski definition) is 2. The number of hydrogen-bond donors (Lipinski definition) is 2. The SMILES string of the molecule is O=C(O)CC1(NC(=O)c2ccccc2F)CCC1. The second-order valence-electron chi connectivity index (χ2n) is 4.64. The minimum Gasteiger partial charge on any atom is -0.481 e. The Morgan fingerprint density at radius 1 is 1.33 bits per heavy atom. The zero-order valence-electron chi connectivity index (χ0n) is 9.78. The zero-order chi connectivity index (χ0) is 13.2. The third-order valence-electron chi connectivity index (χ3n) is 3.30. The molecule has 18 heavy (non-hydrogen) atoms. The molecule has 0 bridgehead atoms. The highest BCUT2D eigenvalue weighted by Crippen LogP contribution is 2.35. The first-order valence-corrected chi connectivity index (χ1v) is 5.81. The van der Waals surface area contributed by atoms with Crippen LogP contribution in [-0.4, -0.2) is 22.5 Å². The standard InChI is InChI=1S/C13H14FNO3/c14-10-5-2-1-4-9(10)12(18)15-13(6-3-7-13)8-11(16)17/h1-2,4-5H,3,6-8H2,(H,15,18)(H,16,17). The minimum atomic E-state index is -0.955. The normalized spacial score (nSPS) is 16.7. The van der Waals surface area contributed by atoms with E-state index < -0.39 is 23.2 Å². The molecule has 0 radical (unpaired) electrons. The van der Waals surface area contributed by atoms with Gasteiger partial charge in [-0.05, 0) is 31.4 Å². The highest BCUT2D eigenvalue weighted by Gasteiger charge is 2.40. The molecule has 0 unspecified atom stereocenters. The third kappa shape index (κ3) is 2.50. The van der Waals surface area contributed by atoms with Gasteiger partial charge in [0.1, 0.15) is 5.82 Å². The molecule has 5 heteroatoms. The van der Waals surface area contributed by atoms with E-state index in [2.05, 4.69) is 5.32 Å². The summed E-state index contributed by atoms with van der Waals surface area (Å²) in [5.41, 5.74) is -0.750. The Morgan fingerprint density at radius 3 is 2.50 bits per heavy atom. The van der Waals surface area contributed by atoms with Gasteiger partial charge >= 0.3 is 5.97 Å². The lowest BCUT2D eigenvalue weighted by Gasteiger charge is -2.41. The molecule has 4 nitrogen and oxygen atoms in total. The van der Waals surface area contributed by atoms with Gasteiger partial charge in [-0.2, -0.15) is 0 Å². The molecule has 1 amide bonds. The van der Waals surface area contributed by atoms with Crippen LogP contribution in [0.1, 0.15) is 36.0 Å². The van der Waals surface area contributed by atoms with Crippen molar-refractivity contribution in [2.45, 2.75) is 31.2 Å². The van der Waals surface area contributed by atoms with E-state index in [-0.39, 0.29) is 12.0 Å². The Kier molecular flexibility index (Phi) is 3.32. The van der Waals surface area contributed by atoms with Crippen LogP contribution in [0.2, 0.25) is 0 Å². The van der Waals surface area contributed by atoms with Gasteiger partial charge in [0.05, 0.1) is 17.5 Å². The molecule has 2 rings (SSSR count). The van der Waals surface area contributed by atoms with E-state index in [1.54, 1.807) is 6.07 Å². The molecule has 2 N–H and O–H groups in total. The maximum atomic E-state index is 13.4. The minimum absolute atomic E-state index is 0.0471. The van der Waals surface area contributed by atoms with Crippen molar-refractivity contribution in [3.8, 4) is 0 Å². The van der Waals surface area contributed by atoms with Crippen molar-refractivity contribution in [3.05, 3.63) is 35.6 Å². The van der Waals surface area contributed by atoms with Gasteiger partial charge in [0.15, 0.2) is 0 Å². The molecule has 0 saturated heterocycles. The van der Waals surface area contributed by atoms with Crippen LogP contribution in [0.3, 0.4) is 0 Å². The van der Waals surface area contributed by atoms with Gasteiger partial charge in [-0.1, -0.05) is 12.1 Å². The summed E-state index contributed by atoms with van der Waals surface area (Å²) in [5, 5.41) is 11.5. The number of carbonyl (C=O) groups excluding carboxylic acids is 1. The molecular formula is C13H14FNO3. The fraction of sp³-hybridized carbons (Fsp3) is 0.385. The fourth-order valence-corrected chi connectivity index (χ4v) is 2.19. The molecule has 0 atom stereocenters. The van der Waals surface area contributed by atoms with Gasteiger partial charge in [0.2, 0.25) is 0 Å². The number of carboxylic acid groups (broad SMARTS) is 1. The van der Waals surface area contributed by atoms with Crippen molar-refractivity contribution in [2.75, 3.05) is 0 Å². The summed E-state index contributed by atoms with van der Waals surface area (Å²) in [5.74, 6) is -2.10. The van der Waals surface area contributed by atoms with E-state index in [0.29, 0.717) is 12.8 Å². The Labute approximate surface area is 104 Å². The van der Waals surface area contributed by atoms with Gasteiger partial charge in [-0.3, -0.25) is 9.59 Å². The lowest BCUT2D eigenvalue weighted by atomic mass is 9.74. The molecule has 1 aliphatic carbocycles. The number of aliphatic carboxylic acids is 1. The van der Waals surface area contributed by atoms with Crippen molar-refractivity contribution < 1.29 is 19.1 Å². The Balaban J connectivity index is 2.11. The molecule has 0 heterocycles. The van der Waals surface area contributed by atoms with E-state index in [0.717, 1.165) is 6.42 Å². The van der Waals surface area contributed by atoms with Crippen LogP contribution in [-0.2, 0) is 4.79 Å². The summed E-state index contributed by atoms with van der Waals surface area (Å²) in [4.78, 5) is 22.7. The summed E-state index contributed by atoms with van der Waals surface area (Å²) >= 11 is 0. The van der Waals surface area contributed by atoms with E-state index in [4.69, 9.17) is 5.11 Å². The molecule has 1 aliphatic rings. The largest absolute Gasteiger partial charge is 0.481 e. The first kappa shape index (κ1) is 12.5. The van der Waals surface area contributed by atoms with Crippen molar-refractivity contribution in [1.82, 2.24) is 5.32 Å². The number of halogens is 1. The summed E-state index contributed by atoms with van der Waals surface area (Å²) in [7, 11) is 0. The van der Waals surface area contributed by atoms with Gasteiger partial charge < -0.3 is 10.4 Å². The number of carboxylic acids is 1. The van der Waals surface area contributed by atoms with E-state index in [1.807, 2.05) is 0 Å². The number of benzene rings is 1. The van der Waals surface area contributed by atoms with Gasteiger partial charge in [0.25, 0.3) is 5.91 Å². The Hall–Kier alpha value is -1.91.